The van der Waals surface area contributed by atoms with Crippen molar-refractivity contribution in [3.05, 3.63) is 52.8 Å². The number of imidazole rings is 1. The van der Waals surface area contributed by atoms with E-state index in [4.69, 9.17) is 12.2 Å². The molecule has 0 aliphatic rings. The summed E-state index contributed by atoms with van der Waals surface area (Å²) in [6.45, 7) is 2.91. The van der Waals surface area contributed by atoms with Crippen molar-refractivity contribution in [2.24, 2.45) is 0 Å². The molecule has 0 spiro atoms. The van der Waals surface area contributed by atoms with Gasteiger partial charge in [-0.3, -0.25) is 15.2 Å². The van der Waals surface area contributed by atoms with E-state index in [-0.39, 0.29) is 0 Å². The average molecular weight is 386 g/mol. The van der Waals surface area contributed by atoms with Gasteiger partial charge in [0.05, 0.1) is 12.0 Å². The van der Waals surface area contributed by atoms with E-state index in [0.717, 1.165) is 22.8 Å². The van der Waals surface area contributed by atoms with Crippen molar-refractivity contribution < 1.29 is 9.90 Å². The molecule has 1 atom stereocenters. The maximum absolute atomic E-state index is 11.6. The molecule has 0 aliphatic carbocycles. The summed E-state index contributed by atoms with van der Waals surface area (Å²) in [5.41, 5.74) is 2.72. The highest BCUT2D eigenvalue weighted by atomic mass is 32.1. The molecule has 3 rings (SSSR count). The minimum absolute atomic E-state index is 0.409. The number of aryl methyl sites for hydroxylation is 1. The van der Waals surface area contributed by atoms with Gasteiger partial charge in [0.2, 0.25) is 0 Å². The van der Waals surface area contributed by atoms with E-state index in [2.05, 4.69) is 25.5 Å². The maximum atomic E-state index is 11.6. The molecule has 8 nitrogen and oxygen atoms in total. The van der Waals surface area contributed by atoms with Crippen molar-refractivity contribution in [3.8, 4) is 11.4 Å². The van der Waals surface area contributed by atoms with E-state index in [9.17, 15) is 9.90 Å². The topological polar surface area (TPSA) is 112 Å². The van der Waals surface area contributed by atoms with E-state index in [1.807, 2.05) is 41.8 Å². The van der Waals surface area contributed by atoms with Crippen molar-refractivity contribution in [2.45, 2.75) is 38.9 Å². The molecule has 0 unspecified atom stereocenters. The lowest BCUT2D eigenvalue weighted by atomic mass is 10.1. The second-order valence-electron chi connectivity index (χ2n) is 6.26. The summed E-state index contributed by atoms with van der Waals surface area (Å²) in [6.07, 6.45) is 2.73. The van der Waals surface area contributed by atoms with Gasteiger partial charge in [0.1, 0.15) is 6.04 Å². The second kappa shape index (κ2) is 8.74. The van der Waals surface area contributed by atoms with Crippen LogP contribution in [-0.2, 0) is 17.9 Å². The lowest BCUT2D eigenvalue weighted by molar-refractivity contribution is -0.139. The Morgan fingerprint density at radius 3 is 2.81 bits per heavy atom. The zero-order valence-electron chi connectivity index (χ0n) is 15.0. The van der Waals surface area contributed by atoms with Gasteiger partial charge in [-0.2, -0.15) is 5.10 Å². The fraction of sp³-hybridized carbons (Fsp3) is 0.333. The van der Waals surface area contributed by atoms with Crippen LogP contribution in [0.15, 0.2) is 36.7 Å². The van der Waals surface area contributed by atoms with E-state index in [1.54, 1.807) is 6.33 Å². The van der Waals surface area contributed by atoms with E-state index in [1.165, 1.54) is 0 Å². The quantitative estimate of drug-likeness (QED) is 0.421. The Bertz CT molecular complexity index is 946. The molecule has 3 aromatic rings. The minimum atomic E-state index is -0.873. The predicted octanol–water partition coefficient (Wildman–Crippen LogP) is 2.66. The highest BCUT2D eigenvalue weighted by molar-refractivity contribution is 7.71. The Balaban J connectivity index is 1.61. The van der Waals surface area contributed by atoms with Crippen LogP contribution in [0.5, 0.6) is 0 Å². The van der Waals surface area contributed by atoms with Gasteiger partial charge in [-0.05, 0) is 32.0 Å². The van der Waals surface area contributed by atoms with Crippen LogP contribution in [-0.4, -0.2) is 41.9 Å². The summed E-state index contributed by atoms with van der Waals surface area (Å²) in [6, 6.07) is 9.11. The Kier molecular flexibility index (Phi) is 6.15. The average Bonchev–Trinajstić information content (AvgIpc) is 3.24. The summed E-state index contributed by atoms with van der Waals surface area (Å²) < 4.78 is 2.43. The Morgan fingerprint density at radius 2 is 2.15 bits per heavy atom. The summed E-state index contributed by atoms with van der Waals surface area (Å²) >= 11 is 5.32. The number of benzene rings is 1. The number of hydrogen-bond acceptors (Lipinski definition) is 5. The highest BCUT2D eigenvalue weighted by Gasteiger charge is 2.18. The minimum Gasteiger partial charge on any atom is -0.480 e. The van der Waals surface area contributed by atoms with Crippen LogP contribution < -0.4 is 5.32 Å². The zero-order chi connectivity index (χ0) is 19.2. The lowest BCUT2D eigenvalue weighted by Gasteiger charge is -2.14. The number of carbonyl (C=O) groups is 1. The van der Waals surface area contributed by atoms with Crippen LogP contribution in [0.1, 0.15) is 24.2 Å². The number of nitrogens with one attached hydrogen (secondary N) is 3. The van der Waals surface area contributed by atoms with Gasteiger partial charge in [0, 0.05) is 24.3 Å². The number of aliphatic carboxylic acids is 1. The molecule has 0 radical (unpaired) electrons. The van der Waals surface area contributed by atoms with Crippen LogP contribution >= 0.6 is 12.2 Å². The third kappa shape index (κ3) is 4.69. The van der Waals surface area contributed by atoms with Crippen LogP contribution in [0.3, 0.4) is 0 Å². The summed E-state index contributed by atoms with van der Waals surface area (Å²) in [4.78, 5) is 18.7. The Hall–Kier alpha value is -2.78. The van der Waals surface area contributed by atoms with Crippen molar-refractivity contribution in [3.63, 3.8) is 0 Å². The molecule has 1 aromatic carbocycles. The molecule has 4 N–H and O–H groups in total. The lowest BCUT2D eigenvalue weighted by Crippen LogP contribution is -2.36. The highest BCUT2D eigenvalue weighted by Crippen LogP contribution is 2.17. The molecule has 142 valence electrons. The van der Waals surface area contributed by atoms with Gasteiger partial charge in [0.25, 0.3) is 0 Å². The van der Waals surface area contributed by atoms with Crippen molar-refractivity contribution in [1.29, 1.82) is 0 Å². The SMILES string of the molecule is Cc1[nH]cnc1CN[C@@H](CCCn1c(-c2ccccc2)n[nH]c1=S)C(=O)O. The van der Waals surface area contributed by atoms with E-state index < -0.39 is 12.0 Å². The molecule has 0 saturated heterocycles. The summed E-state index contributed by atoms with van der Waals surface area (Å²) in [5, 5.41) is 19.7. The molecule has 0 saturated carbocycles. The molecule has 0 aliphatic heterocycles. The zero-order valence-corrected chi connectivity index (χ0v) is 15.8. The van der Waals surface area contributed by atoms with Gasteiger partial charge < -0.3 is 14.7 Å². The van der Waals surface area contributed by atoms with Crippen LogP contribution in [0.25, 0.3) is 11.4 Å². The smallest absolute Gasteiger partial charge is 0.320 e. The number of rotatable bonds is 9. The monoisotopic (exact) mass is 386 g/mol. The van der Waals surface area contributed by atoms with Gasteiger partial charge in [0.15, 0.2) is 10.6 Å². The molecular weight excluding hydrogens is 364 g/mol. The van der Waals surface area contributed by atoms with Gasteiger partial charge in [-0.25, -0.2) is 4.98 Å². The number of H-pyrrole nitrogens is 2. The first kappa shape index (κ1) is 19.0. The number of nitrogens with zero attached hydrogens (tertiary/aromatic N) is 3. The van der Waals surface area contributed by atoms with Crippen LogP contribution in [0.4, 0.5) is 0 Å². The fourth-order valence-electron chi connectivity index (χ4n) is 2.88. The van der Waals surface area contributed by atoms with Gasteiger partial charge in [-0.1, -0.05) is 30.3 Å². The molecule has 0 amide bonds. The Morgan fingerprint density at radius 1 is 1.37 bits per heavy atom. The number of carboxylic acids is 1. The van der Waals surface area contributed by atoms with Crippen molar-refractivity contribution in [1.82, 2.24) is 30.0 Å². The molecule has 0 fully saturated rings. The molecule has 2 heterocycles. The first-order valence-electron chi connectivity index (χ1n) is 8.72. The van der Waals surface area contributed by atoms with Crippen molar-refractivity contribution in [2.75, 3.05) is 0 Å². The fourth-order valence-corrected chi connectivity index (χ4v) is 3.11. The molecule has 0 bridgehead atoms. The first-order valence-corrected chi connectivity index (χ1v) is 9.12. The number of carboxylic acid groups (broad SMARTS) is 1. The predicted molar refractivity (Wildman–Crippen MR) is 104 cm³/mol. The molecule has 9 heteroatoms. The Labute approximate surface area is 161 Å². The number of aromatic nitrogens is 5. The van der Waals surface area contributed by atoms with Crippen LogP contribution in [0.2, 0.25) is 0 Å². The summed E-state index contributed by atoms with van der Waals surface area (Å²) in [5.74, 6) is -0.116. The normalized spacial score (nSPS) is 12.2. The van der Waals surface area contributed by atoms with Gasteiger partial charge >= 0.3 is 5.97 Å². The standard InChI is InChI=1S/C18H22N6O2S/c1-12-15(21-11-20-12)10-19-14(17(25)26)8-5-9-24-16(22-23-18(24)27)13-6-3-2-4-7-13/h2-4,6-7,11,14,19H,5,8-10H2,1H3,(H,20,21)(H,23,27)(H,25,26)/t14-/m0/s1. The second-order valence-corrected chi connectivity index (χ2v) is 6.64. The molecule has 2 aromatic heterocycles. The molecular formula is C18H22N6O2S. The first-order chi connectivity index (χ1) is 13.1. The number of hydrogen-bond donors (Lipinski definition) is 4. The molecule has 27 heavy (non-hydrogen) atoms. The van der Waals surface area contributed by atoms with Gasteiger partial charge in [-0.15, -0.1) is 0 Å². The third-order valence-electron chi connectivity index (χ3n) is 4.41. The summed E-state index contributed by atoms with van der Waals surface area (Å²) in [7, 11) is 0. The maximum Gasteiger partial charge on any atom is 0.320 e. The van der Waals surface area contributed by atoms with Crippen molar-refractivity contribution >= 4 is 18.2 Å². The largest absolute Gasteiger partial charge is 0.480 e. The third-order valence-corrected chi connectivity index (χ3v) is 4.72. The van der Waals surface area contributed by atoms with E-state index >= 15 is 0 Å². The van der Waals surface area contributed by atoms with Crippen LogP contribution in [0, 0.1) is 11.7 Å². The van der Waals surface area contributed by atoms with E-state index in [0.29, 0.717) is 30.7 Å². The number of aromatic amines is 2.